The molecule has 1 heterocycles. The maximum Gasteiger partial charge on any atom is 0.255 e. The average molecular weight is 252 g/mol. The Kier molecular flexibility index (Phi) is 3.44. The highest BCUT2D eigenvalue weighted by molar-refractivity contribution is 6.04. The van der Waals surface area contributed by atoms with E-state index in [9.17, 15) is 4.79 Å². The Morgan fingerprint density at radius 1 is 1.37 bits per heavy atom. The number of aryl methyl sites for hydroxylation is 1. The predicted molar refractivity (Wildman–Crippen MR) is 72.5 cm³/mol. The lowest BCUT2D eigenvalue weighted by Gasteiger charge is -2.06. The number of nitrogens with one attached hydrogen (secondary N) is 1. The molecule has 0 fully saturated rings. The van der Waals surface area contributed by atoms with Crippen molar-refractivity contribution in [1.29, 1.82) is 5.26 Å². The van der Waals surface area contributed by atoms with Crippen LogP contribution in [0.25, 0.3) is 0 Å². The number of nitrogens with zero attached hydrogens (tertiary/aromatic N) is 2. The van der Waals surface area contributed by atoms with Crippen LogP contribution in [0.5, 0.6) is 0 Å². The minimum Gasteiger partial charge on any atom is -0.384 e. The number of nitrogens with two attached hydrogens (primary N) is 1. The maximum absolute atomic E-state index is 12.0. The van der Waals surface area contributed by atoms with Crippen LogP contribution in [0.4, 0.5) is 11.5 Å². The van der Waals surface area contributed by atoms with Crippen LogP contribution >= 0.6 is 0 Å². The Morgan fingerprint density at radius 2 is 2.16 bits per heavy atom. The summed E-state index contributed by atoms with van der Waals surface area (Å²) in [6.07, 6.45) is 0. The summed E-state index contributed by atoms with van der Waals surface area (Å²) in [5, 5.41) is 11.5. The minimum atomic E-state index is -0.285. The van der Waals surface area contributed by atoms with Crippen molar-refractivity contribution in [2.75, 3.05) is 11.1 Å². The van der Waals surface area contributed by atoms with E-state index >= 15 is 0 Å². The summed E-state index contributed by atoms with van der Waals surface area (Å²) in [6, 6.07) is 11.9. The highest BCUT2D eigenvalue weighted by atomic mass is 16.1. The summed E-state index contributed by atoms with van der Waals surface area (Å²) in [7, 11) is 0. The molecule has 0 unspecified atom stereocenters. The first kappa shape index (κ1) is 12.6. The van der Waals surface area contributed by atoms with Crippen molar-refractivity contribution >= 4 is 17.4 Å². The standard InChI is InChI=1S/C14H12N4O/c1-9-5-11(7-13(16)17-9)14(19)18-12-4-2-3-10(6-12)8-15/h2-7H,1H3,(H2,16,17)(H,18,19). The summed E-state index contributed by atoms with van der Waals surface area (Å²) in [5.74, 6) is 0.0169. The minimum absolute atomic E-state index is 0.285. The first-order valence-corrected chi connectivity index (χ1v) is 5.64. The highest BCUT2D eigenvalue weighted by Gasteiger charge is 2.08. The van der Waals surface area contributed by atoms with Crippen molar-refractivity contribution in [3.05, 3.63) is 53.2 Å². The van der Waals surface area contributed by atoms with Gasteiger partial charge in [-0.3, -0.25) is 4.79 Å². The zero-order valence-corrected chi connectivity index (χ0v) is 10.3. The van der Waals surface area contributed by atoms with E-state index in [2.05, 4.69) is 10.3 Å². The van der Waals surface area contributed by atoms with Crippen LogP contribution in [-0.2, 0) is 0 Å². The molecule has 5 nitrogen and oxygen atoms in total. The number of carbonyl (C=O) groups excluding carboxylic acids is 1. The van der Waals surface area contributed by atoms with E-state index in [0.717, 1.165) is 0 Å². The zero-order chi connectivity index (χ0) is 13.8. The third kappa shape index (κ3) is 3.07. The van der Waals surface area contributed by atoms with Gasteiger partial charge in [-0.1, -0.05) is 6.07 Å². The fourth-order valence-corrected chi connectivity index (χ4v) is 1.70. The number of carbonyl (C=O) groups is 1. The van der Waals surface area contributed by atoms with Crippen molar-refractivity contribution in [2.24, 2.45) is 0 Å². The largest absolute Gasteiger partial charge is 0.384 e. The second kappa shape index (κ2) is 5.19. The molecule has 0 spiro atoms. The smallest absolute Gasteiger partial charge is 0.255 e. The Balaban J connectivity index is 2.23. The van der Waals surface area contributed by atoms with E-state index in [-0.39, 0.29) is 5.91 Å². The monoisotopic (exact) mass is 252 g/mol. The van der Waals surface area contributed by atoms with Crippen molar-refractivity contribution < 1.29 is 4.79 Å². The Morgan fingerprint density at radius 3 is 2.84 bits per heavy atom. The van der Waals surface area contributed by atoms with Crippen molar-refractivity contribution in [3.8, 4) is 6.07 Å². The van der Waals surface area contributed by atoms with Crippen LogP contribution in [0, 0.1) is 18.3 Å². The Bertz CT molecular complexity index is 653. The van der Waals surface area contributed by atoms with Gasteiger partial charge >= 0.3 is 0 Å². The fraction of sp³-hybridized carbons (Fsp3) is 0.0714. The predicted octanol–water partition coefficient (Wildman–Crippen LogP) is 2.10. The molecule has 1 aromatic heterocycles. The van der Waals surface area contributed by atoms with Crippen LogP contribution < -0.4 is 11.1 Å². The van der Waals surface area contributed by atoms with Gasteiger partial charge in [0.15, 0.2) is 0 Å². The molecular formula is C14H12N4O. The molecule has 0 radical (unpaired) electrons. The van der Waals surface area contributed by atoms with E-state index in [4.69, 9.17) is 11.0 Å². The van der Waals surface area contributed by atoms with Gasteiger partial charge in [0, 0.05) is 16.9 Å². The lowest BCUT2D eigenvalue weighted by Crippen LogP contribution is -2.13. The quantitative estimate of drug-likeness (QED) is 0.856. The first-order valence-electron chi connectivity index (χ1n) is 5.64. The average Bonchev–Trinajstić information content (AvgIpc) is 2.37. The van der Waals surface area contributed by atoms with Crippen molar-refractivity contribution in [3.63, 3.8) is 0 Å². The summed E-state index contributed by atoms with van der Waals surface area (Å²) in [5.41, 5.74) is 7.77. The molecular weight excluding hydrogens is 240 g/mol. The summed E-state index contributed by atoms with van der Waals surface area (Å²) >= 11 is 0. The van der Waals surface area contributed by atoms with E-state index in [1.807, 2.05) is 6.07 Å². The fourth-order valence-electron chi connectivity index (χ4n) is 1.70. The maximum atomic E-state index is 12.0. The van der Waals surface area contributed by atoms with E-state index in [1.165, 1.54) is 6.07 Å². The highest BCUT2D eigenvalue weighted by Crippen LogP contribution is 2.13. The molecule has 0 aliphatic carbocycles. The lowest BCUT2D eigenvalue weighted by molar-refractivity contribution is 0.102. The third-order valence-electron chi connectivity index (χ3n) is 2.48. The van der Waals surface area contributed by atoms with Crippen molar-refractivity contribution in [1.82, 2.24) is 4.98 Å². The molecule has 0 saturated heterocycles. The SMILES string of the molecule is Cc1cc(C(=O)Nc2cccc(C#N)c2)cc(N)n1. The molecule has 1 aromatic carbocycles. The molecule has 0 aliphatic heterocycles. The van der Waals surface area contributed by atoms with E-state index < -0.39 is 0 Å². The summed E-state index contributed by atoms with van der Waals surface area (Å²) in [4.78, 5) is 16.0. The van der Waals surface area contributed by atoms with Gasteiger partial charge in [-0.25, -0.2) is 4.98 Å². The molecule has 0 atom stereocenters. The van der Waals surface area contributed by atoms with Gasteiger partial charge in [-0.2, -0.15) is 5.26 Å². The van der Waals surface area contributed by atoms with E-state index in [1.54, 1.807) is 37.3 Å². The van der Waals surface area contributed by atoms with E-state index in [0.29, 0.717) is 28.3 Å². The van der Waals surface area contributed by atoms with Gasteiger partial charge in [0.25, 0.3) is 5.91 Å². The molecule has 1 amide bonds. The second-order valence-corrected chi connectivity index (χ2v) is 4.07. The molecule has 5 heteroatoms. The molecule has 19 heavy (non-hydrogen) atoms. The van der Waals surface area contributed by atoms with Crippen LogP contribution in [0.2, 0.25) is 0 Å². The number of anilines is 2. The first-order chi connectivity index (χ1) is 9.08. The van der Waals surface area contributed by atoms with Gasteiger partial charge < -0.3 is 11.1 Å². The number of aromatic nitrogens is 1. The number of nitrogen functional groups attached to an aromatic ring is 1. The normalized spacial score (nSPS) is 9.68. The molecule has 94 valence electrons. The molecule has 2 aromatic rings. The third-order valence-corrected chi connectivity index (χ3v) is 2.48. The van der Waals surface area contributed by atoms with Crippen LogP contribution in [0.3, 0.4) is 0 Å². The Hall–Kier alpha value is -2.87. The number of benzene rings is 1. The van der Waals surface area contributed by atoms with Gasteiger partial charge in [-0.15, -0.1) is 0 Å². The van der Waals surface area contributed by atoms with Crippen LogP contribution in [0.15, 0.2) is 36.4 Å². The topological polar surface area (TPSA) is 91.8 Å². The molecule has 0 aliphatic rings. The van der Waals surface area contributed by atoms with Crippen molar-refractivity contribution in [2.45, 2.75) is 6.92 Å². The summed E-state index contributed by atoms with van der Waals surface area (Å²) in [6.45, 7) is 1.77. The lowest BCUT2D eigenvalue weighted by atomic mass is 10.2. The van der Waals surface area contributed by atoms with Crippen LogP contribution in [0.1, 0.15) is 21.6 Å². The molecule has 0 bridgehead atoms. The van der Waals surface area contributed by atoms with Crippen LogP contribution in [-0.4, -0.2) is 10.9 Å². The molecule has 2 rings (SSSR count). The number of amides is 1. The molecule has 0 saturated carbocycles. The number of pyridine rings is 1. The van der Waals surface area contributed by atoms with Gasteiger partial charge in [0.1, 0.15) is 5.82 Å². The van der Waals surface area contributed by atoms with Gasteiger partial charge in [-0.05, 0) is 37.3 Å². The number of hydrogen-bond donors (Lipinski definition) is 2. The van der Waals surface area contributed by atoms with Gasteiger partial charge in [0.2, 0.25) is 0 Å². The second-order valence-electron chi connectivity index (χ2n) is 4.07. The summed E-state index contributed by atoms with van der Waals surface area (Å²) < 4.78 is 0. The molecule has 3 N–H and O–H groups in total. The van der Waals surface area contributed by atoms with Gasteiger partial charge in [0.05, 0.1) is 11.6 Å². The Labute approximate surface area is 110 Å². The number of nitriles is 1. The number of rotatable bonds is 2. The zero-order valence-electron chi connectivity index (χ0n) is 10.3. The number of hydrogen-bond acceptors (Lipinski definition) is 4.